The molecule has 1 aromatic carbocycles. The maximum atomic E-state index is 14.6. The van der Waals surface area contributed by atoms with Crippen LogP contribution in [0.3, 0.4) is 0 Å². The van der Waals surface area contributed by atoms with Crippen LogP contribution in [0.15, 0.2) is 35.7 Å². The van der Waals surface area contributed by atoms with Gasteiger partial charge in [-0.25, -0.2) is 0 Å². The molecule has 232 valence electrons. The molecular formula is C32H44N6O4S. The molecule has 1 saturated carbocycles. The molecular weight excluding hydrogens is 564 g/mol. The molecule has 2 N–H and O–H groups in total. The van der Waals surface area contributed by atoms with Crippen molar-refractivity contribution in [2.45, 2.75) is 85.2 Å². The fourth-order valence-electron chi connectivity index (χ4n) is 7.90. The highest BCUT2D eigenvalue weighted by Crippen LogP contribution is 2.52. The third kappa shape index (κ3) is 5.86. The number of amides is 1. The van der Waals surface area contributed by atoms with Crippen molar-refractivity contribution in [2.24, 2.45) is 5.92 Å². The van der Waals surface area contributed by atoms with Crippen LogP contribution >= 0.6 is 11.8 Å². The topological polar surface area (TPSA) is 110 Å². The number of ether oxygens (including phenoxy) is 2. The highest BCUT2D eigenvalue weighted by Gasteiger charge is 2.56. The smallest absolute Gasteiger partial charge is 0.246 e. The van der Waals surface area contributed by atoms with Gasteiger partial charge >= 0.3 is 0 Å². The summed E-state index contributed by atoms with van der Waals surface area (Å²) in [7, 11) is 3.85. The summed E-state index contributed by atoms with van der Waals surface area (Å²) in [6.07, 6.45) is 6.59. The lowest BCUT2D eigenvalue weighted by Gasteiger charge is -2.55. The van der Waals surface area contributed by atoms with E-state index in [0.717, 1.165) is 49.3 Å². The lowest BCUT2D eigenvalue weighted by atomic mass is 9.72. The minimum absolute atomic E-state index is 0.0452. The number of carbonyl (C=O) groups excluding carboxylic acids is 2. The Hall–Kier alpha value is -2.46. The summed E-state index contributed by atoms with van der Waals surface area (Å²) < 4.78 is 11.6. The van der Waals surface area contributed by atoms with Crippen molar-refractivity contribution in [1.29, 1.82) is 5.26 Å². The van der Waals surface area contributed by atoms with E-state index in [9.17, 15) is 14.9 Å². The molecule has 0 bridgehead atoms. The summed E-state index contributed by atoms with van der Waals surface area (Å²) in [6, 6.07) is 8.18. The molecule has 43 heavy (non-hydrogen) atoms. The van der Waals surface area contributed by atoms with Crippen molar-refractivity contribution in [1.82, 2.24) is 25.3 Å². The highest BCUT2D eigenvalue weighted by atomic mass is 32.2. The molecule has 11 heteroatoms. The number of fused-ring (bicyclic) bond motifs is 2. The number of benzene rings is 1. The van der Waals surface area contributed by atoms with Crippen LogP contribution in [0.4, 0.5) is 0 Å². The number of nitrogens with one attached hydrogen (secondary N) is 2. The number of hydrogen-bond donors (Lipinski definition) is 2. The Morgan fingerprint density at radius 1 is 1.23 bits per heavy atom. The van der Waals surface area contributed by atoms with Crippen molar-refractivity contribution in [3.63, 3.8) is 0 Å². The number of thioether (sulfide) groups is 1. The maximum absolute atomic E-state index is 14.6. The molecule has 6 rings (SSSR count). The molecule has 1 aliphatic carbocycles. The third-order valence-corrected chi connectivity index (χ3v) is 11.9. The Kier molecular flexibility index (Phi) is 9.15. The van der Waals surface area contributed by atoms with Crippen molar-refractivity contribution in [3.05, 3.63) is 36.4 Å². The SMILES string of the molecule is C=CC(=O)N1CCN(C2NC(OCC3CCCN3C)NC3C(=O)[C@@]4(CCc5c(OC)cccc5S4)CCC32)CC1CC#N. The molecule has 7 atom stereocenters. The fourth-order valence-corrected chi connectivity index (χ4v) is 9.45. The molecule has 10 nitrogen and oxygen atoms in total. The Balaban J connectivity index is 1.25. The van der Waals surface area contributed by atoms with Gasteiger partial charge in [0.05, 0.1) is 49.2 Å². The van der Waals surface area contributed by atoms with Gasteiger partial charge in [0, 0.05) is 42.1 Å². The van der Waals surface area contributed by atoms with E-state index < -0.39 is 11.1 Å². The molecule has 6 unspecified atom stereocenters. The Morgan fingerprint density at radius 2 is 2.09 bits per heavy atom. The first-order valence-corrected chi connectivity index (χ1v) is 16.5. The van der Waals surface area contributed by atoms with E-state index in [1.165, 1.54) is 18.1 Å². The second kappa shape index (κ2) is 12.9. The van der Waals surface area contributed by atoms with Gasteiger partial charge in [-0.3, -0.25) is 25.1 Å². The minimum atomic E-state index is -0.482. The summed E-state index contributed by atoms with van der Waals surface area (Å²) in [6.45, 7) is 7.06. The van der Waals surface area contributed by atoms with Gasteiger partial charge in [0.25, 0.3) is 0 Å². The van der Waals surface area contributed by atoms with Gasteiger partial charge in [-0.1, -0.05) is 12.6 Å². The third-order valence-electron chi connectivity index (χ3n) is 10.3. The van der Waals surface area contributed by atoms with Gasteiger partial charge < -0.3 is 19.3 Å². The van der Waals surface area contributed by atoms with Crippen LogP contribution in [0.5, 0.6) is 5.75 Å². The van der Waals surface area contributed by atoms with E-state index in [1.54, 1.807) is 23.8 Å². The number of rotatable bonds is 7. The number of piperazine rings is 1. The van der Waals surface area contributed by atoms with Gasteiger partial charge in [0.2, 0.25) is 5.91 Å². The predicted octanol–water partition coefficient (Wildman–Crippen LogP) is 2.35. The first kappa shape index (κ1) is 30.6. The van der Waals surface area contributed by atoms with Crippen molar-refractivity contribution < 1.29 is 19.1 Å². The zero-order valence-electron chi connectivity index (χ0n) is 25.3. The van der Waals surface area contributed by atoms with Crippen LogP contribution in [0.25, 0.3) is 0 Å². The number of Topliss-reactive ketones (excluding diaryl/α,β-unsaturated/α-hetero) is 1. The Morgan fingerprint density at radius 3 is 2.84 bits per heavy atom. The summed E-state index contributed by atoms with van der Waals surface area (Å²) in [4.78, 5) is 34.8. The molecule has 0 aromatic heterocycles. The van der Waals surface area contributed by atoms with E-state index in [2.05, 4.69) is 46.2 Å². The molecule has 4 heterocycles. The van der Waals surface area contributed by atoms with Crippen molar-refractivity contribution >= 4 is 23.5 Å². The Bertz CT molecular complexity index is 1270. The van der Waals surface area contributed by atoms with Gasteiger partial charge in [-0.15, -0.1) is 11.8 Å². The first-order chi connectivity index (χ1) is 20.9. The number of hydrogen-bond acceptors (Lipinski definition) is 10. The number of nitriles is 1. The summed E-state index contributed by atoms with van der Waals surface area (Å²) in [5.74, 6) is 1.06. The molecule has 1 spiro atoms. The molecule has 4 fully saturated rings. The maximum Gasteiger partial charge on any atom is 0.246 e. The van der Waals surface area contributed by atoms with Crippen LogP contribution in [0.1, 0.15) is 44.1 Å². The lowest BCUT2D eigenvalue weighted by Crippen LogP contribution is -2.75. The summed E-state index contributed by atoms with van der Waals surface area (Å²) in [5.41, 5.74) is 1.20. The van der Waals surface area contributed by atoms with E-state index in [-0.39, 0.29) is 42.3 Å². The van der Waals surface area contributed by atoms with Crippen LogP contribution in [-0.4, -0.2) is 109 Å². The van der Waals surface area contributed by atoms with E-state index in [0.29, 0.717) is 32.3 Å². The summed E-state index contributed by atoms with van der Waals surface area (Å²) in [5, 5.41) is 16.9. The van der Waals surface area contributed by atoms with Crippen LogP contribution < -0.4 is 15.4 Å². The monoisotopic (exact) mass is 608 g/mol. The molecule has 1 aromatic rings. The fraction of sp³-hybridized carbons (Fsp3) is 0.656. The lowest BCUT2D eigenvalue weighted by molar-refractivity contribution is -0.145. The quantitative estimate of drug-likeness (QED) is 0.448. The summed E-state index contributed by atoms with van der Waals surface area (Å²) >= 11 is 1.72. The number of likely N-dealkylation sites (tertiary alicyclic amines) is 1. The number of methoxy groups -OCH3 is 1. The zero-order valence-corrected chi connectivity index (χ0v) is 26.1. The van der Waals surface area contributed by atoms with Crippen LogP contribution in [0.2, 0.25) is 0 Å². The van der Waals surface area contributed by atoms with Crippen molar-refractivity contribution in [3.8, 4) is 11.8 Å². The van der Waals surface area contributed by atoms with E-state index in [1.807, 2.05) is 12.1 Å². The number of nitrogens with zero attached hydrogens (tertiary/aromatic N) is 4. The minimum Gasteiger partial charge on any atom is -0.496 e. The normalized spacial score (nSPS) is 34.8. The molecule has 0 radical (unpaired) electrons. The van der Waals surface area contributed by atoms with Gasteiger partial charge in [0.15, 0.2) is 12.1 Å². The zero-order chi connectivity index (χ0) is 30.1. The number of carbonyl (C=O) groups is 2. The molecule has 1 amide bonds. The van der Waals surface area contributed by atoms with E-state index in [4.69, 9.17) is 9.47 Å². The number of likely N-dealkylation sites (N-methyl/N-ethyl adjacent to an activating group) is 1. The van der Waals surface area contributed by atoms with Gasteiger partial charge in [0.1, 0.15) is 5.75 Å². The van der Waals surface area contributed by atoms with Gasteiger partial charge in [-0.2, -0.15) is 5.26 Å². The average Bonchev–Trinajstić information content (AvgIpc) is 3.45. The van der Waals surface area contributed by atoms with Gasteiger partial charge in [-0.05, 0) is 70.3 Å². The molecule has 3 saturated heterocycles. The van der Waals surface area contributed by atoms with Crippen LogP contribution in [0, 0.1) is 17.2 Å². The van der Waals surface area contributed by atoms with Crippen LogP contribution in [-0.2, 0) is 20.7 Å². The first-order valence-electron chi connectivity index (χ1n) is 15.6. The predicted molar refractivity (Wildman–Crippen MR) is 164 cm³/mol. The molecule has 4 aliphatic heterocycles. The second-order valence-corrected chi connectivity index (χ2v) is 14.0. The highest BCUT2D eigenvalue weighted by molar-refractivity contribution is 8.01. The Labute approximate surface area is 259 Å². The number of ketones is 1. The second-order valence-electron chi connectivity index (χ2n) is 12.6. The average molecular weight is 609 g/mol. The van der Waals surface area contributed by atoms with E-state index >= 15 is 0 Å². The van der Waals surface area contributed by atoms with Crippen molar-refractivity contribution in [2.75, 3.05) is 46.9 Å². The standard InChI is InChI=1S/C32H44N6O4S/c1-4-27(39)38-18-17-37(19-21(38)12-15-33)30-24-11-14-32(13-10-23-25(41-3)8-5-9-26(23)43-32)29(40)28(24)34-31(35-30)42-20-22-7-6-16-36(22)2/h4-5,8-9,21-22,24,28,30-31,34-35H,1,6-7,10-14,16-20H2,2-3H3/t21?,22?,24?,28?,30?,31?,32-/m1/s1. The molecule has 5 aliphatic rings. The largest absolute Gasteiger partial charge is 0.496 e.